The molecule has 0 fully saturated rings. The molecule has 2 aliphatic rings. The van der Waals surface area contributed by atoms with Crippen LogP contribution in [0.1, 0.15) is 54.9 Å². The Morgan fingerprint density at radius 1 is 0.804 bits per heavy atom. The maximum absolute atomic E-state index is 13.5. The van der Waals surface area contributed by atoms with Gasteiger partial charge in [0.25, 0.3) is 0 Å². The smallest absolute Gasteiger partial charge is 0.500 e. The van der Waals surface area contributed by atoms with E-state index in [2.05, 4.69) is 41.9 Å². The van der Waals surface area contributed by atoms with Gasteiger partial charge in [0.1, 0.15) is 34.6 Å². The molecule has 2 aromatic rings. The average molecular weight is 762 g/mol. The van der Waals surface area contributed by atoms with E-state index in [1.807, 2.05) is 57.2 Å². The zero-order valence-corrected chi connectivity index (χ0v) is 33.3. The van der Waals surface area contributed by atoms with Gasteiger partial charge in [-0.1, -0.05) is 6.07 Å². The van der Waals surface area contributed by atoms with Crippen LogP contribution < -0.4 is 19.6 Å². The van der Waals surface area contributed by atoms with Crippen LogP contribution in [-0.2, 0) is 33.4 Å². The molecule has 15 heteroatoms. The van der Waals surface area contributed by atoms with Crippen LogP contribution in [0.25, 0.3) is 33.4 Å². The van der Waals surface area contributed by atoms with Gasteiger partial charge < -0.3 is 27.1 Å². The van der Waals surface area contributed by atoms with Gasteiger partial charge in [0.15, 0.2) is 0 Å². The SMILES string of the molecule is CCO[Si](CCCNS(=O)(=O)c1ccc(-c2c3ccc(=[N+](CC)CC)cc-3oc3cc(N(CC)CC)ccc23)c(S(=O)(=O)[O-])c1)(OCC)OCC. The fourth-order valence-electron chi connectivity index (χ4n) is 6.41. The van der Waals surface area contributed by atoms with Gasteiger partial charge in [-0.3, -0.25) is 0 Å². The van der Waals surface area contributed by atoms with Gasteiger partial charge in [0.05, 0.1) is 15.9 Å². The Morgan fingerprint density at radius 3 is 2.00 bits per heavy atom. The number of rotatable bonds is 19. The second kappa shape index (κ2) is 17.6. The minimum Gasteiger partial charge on any atom is -0.744 e. The predicted molar refractivity (Wildman–Crippen MR) is 201 cm³/mol. The van der Waals surface area contributed by atoms with Gasteiger partial charge in [-0.05, 0) is 85.2 Å². The van der Waals surface area contributed by atoms with Crippen molar-refractivity contribution in [3.63, 3.8) is 0 Å². The number of benzene rings is 3. The number of hydrogen-bond donors (Lipinski definition) is 1. The van der Waals surface area contributed by atoms with Crippen LogP contribution in [0.15, 0.2) is 68.8 Å². The molecule has 12 nitrogen and oxygen atoms in total. The Hall–Kier alpha value is -3.15. The second-order valence-electron chi connectivity index (χ2n) is 11.8. The van der Waals surface area contributed by atoms with Gasteiger partial charge in [-0.15, -0.1) is 0 Å². The van der Waals surface area contributed by atoms with Crippen molar-refractivity contribution in [2.24, 2.45) is 0 Å². The van der Waals surface area contributed by atoms with Gasteiger partial charge in [-0.2, -0.15) is 0 Å². The quantitative estimate of drug-likeness (QED) is 0.0428. The fourth-order valence-corrected chi connectivity index (χ4v) is 10.9. The zero-order chi connectivity index (χ0) is 37.4. The summed E-state index contributed by atoms with van der Waals surface area (Å²) in [4.78, 5) is 1.18. The lowest BCUT2D eigenvalue weighted by Gasteiger charge is -2.28. The Bertz CT molecular complexity index is 2040. The Labute approximate surface area is 303 Å². The van der Waals surface area contributed by atoms with E-state index in [1.165, 1.54) is 12.1 Å². The number of nitrogens with one attached hydrogen (secondary N) is 1. The first-order valence-electron chi connectivity index (χ1n) is 17.7. The first-order valence-corrected chi connectivity index (χ1v) is 22.5. The van der Waals surface area contributed by atoms with E-state index in [0.717, 1.165) is 43.3 Å². The van der Waals surface area contributed by atoms with Crippen LogP contribution >= 0.6 is 0 Å². The van der Waals surface area contributed by atoms with Crippen molar-refractivity contribution >= 4 is 45.6 Å². The van der Waals surface area contributed by atoms with E-state index in [0.29, 0.717) is 60.1 Å². The number of sulfonamides is 1. The van der Waals surface area contributed by atoms with Crippen LogP contribution in [0.5, 0.6) is 0 Å². The van der Waals surface area contributed by atoms with Crippen molar-refractivity contribution in [2.45, 2.75) is 70.7 Å². The largest absolute Gasteiger partial charge is 0.744 e. The molecular weight excluding hydrogens is 711 g/mol. The summed E-state index contributed by atoms with van der Waals surface area (Å²) in [5.41, 5.74) is 2.55. The lowest BCUT2D eigenvalue weighted by Crippen LogP contribution is -2.46. The van der Waals surface area contributed by atoms with Gasteiger partial charge >= 0.3 is 8.80 Å². The van der Waals surface area contributed by atoms with Gasteiger partial charge in [0, 0.05) is 85.4 Å². The monoisotopic (exact) mass is 761 g/mol. The van der Waals surface area contributed by atoms with Gasteiger partial charge in [-0.25, -0.2) is 26.1 Å². The summed E-state index contributed by atoms with van der Waals surface area (Å²) in [5.74, 6) is 0.497. The molecular formula is C36H51N3O9S2Si. The second-order valence-corrected chi connectivity index (χ2v) is 17.6. The highest BCUT2D eigenvalue weighted by Crippen LogP contribution is 2.43. The highest BCUT2D eigenvalue weighted by molar-refractivity contribution is 7.89. The molecule has 1 aliphatic heterocycles. The number of fused-ring (bicyclic) bond motifs is 2. The molecule has 280 valence electrons. The summed E-state index contributed by atoms with van der Waals surface area (Å²) in [6, 6.07) is 15.4. The molecule has 0 spiro atoms. The summed E-state index contributed by atoms with van der Waals surface area (Å²) in [7, 11) is -12.4. The minimum atomic E-state index is -5.16. The highest BCUT2D eigenvalue weighted by Gasteiger charge is 2.39. The molecule has 0 atom stereocenters. The molecule has 0 aromatic heterocycles. The molecule has 1 N–H and O–H groups in total. The molecule has 0 saturated carbocycles. The van der Waals surface area contributed by atoms with Gasteiger partial charge in [0.2, 0.25) is 15.4 Å². The zero-order valence-electron chi connectivity index (χ0n) is 30.7. The van der Waals surface area contributed by atoms with Crippen molar-refractivity contribution < 1.29 is 39.1 Å². The van der Waals surface area contributed by atoms with E-state index in [1.54, 1.807) is 0 Å². The van der Waals surface area contributed by atoms with Crippen LogP contribution in [0.3, 0.4) is 0 Å². The molecule has 0 amide bonds. The first kappa shape index (κ1) is 40.6. The minimum absolute atomic E-state index is 0.0186. The third-order valence-electron chi connectivity index (χ3n) is 8.79. The molecule has 0 unspecified atom stereocenters. The first-order chi connectivity index (χ1) is 24.3. The number of nitrogens with zero attached hydrogens (tertiary/aromatic N) is 2. The number of anilines is 1. The van der Waals surface area contributed by atoms with Crippen LogP contribution in [0.2, 0.25) is 6.04 Å². The Morgan fingerprint density at radius 2 is 1.43 bits per heavy atom. The molecule has 51 heavy (non-hydrogen) atoms. The normalized spacial score (nSPS) is 12.5. The summed E-state index contributed by atoms with van der Waals surface area (Å²) in [6.07, 6.45) is 0.354. The van der Waals surface area contributed by atoms with E-state index in [-0.39, 0.29) is 17.0 Å². The molecule has 0 bridgehead atoms. The van der Waals surface area contributed by atoms with Crippen molar-refractivity contribution in [1.29, 1.82) is 0 Å². The maximum atomic E-state index is 13.5. The molecule has 2 aromatic carbocycles. The topological polar surface area (TPSA) is 150 Å². The van der Waals surface area contributed by atoms with Crippen molar-refractivity contribution in [3.05, 3.63) is 60.0 Å². The van der Waals surface area contributed by atoms with Crippen LogP contribution in [0, 0.1) is 0 Å². The van der Waals surface area contributed by atoms with Crippen molar-refractivity contribution in [2.75, 3.05) is 57.4 Å². The van der Waals surface area contributed by atoms with Crippen molar-refractivity contribution in [1.82, 2.24) is 9.30 Å². The third-order valence-corrected chi connectivity index (χ3v) is 14.3. The van der Waals surface area contributed by atoms with Crippen molar-refractivity contribution in [3.8, 4) is 22.5 Å². The molecule has 1 heterocycles. The third kappa shape index (κ3) is 9.26. The molecule has 1 aliphatic carbocycles. The Kier molecular flexibility index (Phi) is 14.0. The summed E-state index contributed by atoms with van der Waals surface area (Å²) >= 11 is 0. The van der Waals surface area contributed by atoms with E-state index >= 15 is 0 Å². The standard InChI is InChI=1S/C36H51N3O9S2Si/c1-8-38(9-2)27-16-19-30-33(24-27)48-34-25-28(39(10-3)11-4)17-20-31(34)36(30)32-21-18-29(26-35(32)50(42,43)44)49(40,41)37-22-15-23-51(45-12-5,46-13-6)47-14-7/h16-21,24-26,37H,8-15,22-23H2,1-7H3. The summed E-state index contributed by atoms with van der Waals surface area (Å²) in [6.45, 7) is 18.0. The summed E-state index contributed by atoms with van der Waals surface area (Å²) < 4.78 is 94.5. The Balaban J connectivity index is 1.85. The molecule has 0 saturated heterocycles. The number of hydrogen-bond acceptors (Lipinski definition) is 10. The molecule has 4 rings (SSSR count). The predicted octanol–water partition coefficient (Wildman–Crippen LogP) is 5.48. The van der Waals surface area contributed by atoms with Crippen LogP contribution in [-0.4, -0.2) is 82.7 Å². The van der Waals surface area contributed by atoms with E-state index < -0.39 is 33.8 Å². The lowest BCUT2D eigenvalue weighted by molar-refractivity contribution is 0.0709. The van der Waals surface area contributed by atoms with E-state index in [9.17, 15) is 21.4 Å². The van der Waals surface area contributed by atoms with E-state index in [4.69, 9.17) is 17.7 Å². The fraction of sp³-hybridized carbons (Fsp3) is 0.472. The summed E-state index contributed by atoms with van der Waals surface area (Å²) in [5, 5.41) is 1.51. The maximum Gasteiger partial charge on any atom is 0.500 e. The van der Waals surface area contributed by atoms with Crippen LogP contribution in [0.4, 0.5) is 5.69 Å². The average Bonchev–Trinajstić information content (AvgIpc) is 3.10. The lowest BCUT2D eigenvalue weighted by atomic mass is 9.93. The molecule has 0 radical (unpaired) electrons. The highest BCUT2D eigenvalue weighted by atomic mass is 32.2.